The van der Waals surface area contributed by atoms with Gasteiger partial charge in [0, 0.05) is 10.4 Å². The van der Waals surface area contributed by atoms with Gasteiger partial charge in [-0.25, -0.2) is 0 Å². The highest BCUT2D eigenvalue weighted by atomic mass is 32.1. The van der Waals surface area contributed by atoms with Crippen LogP contribution in [0.2, 0.25) is 0 Å². The summed E-state index contributed by atoms with van der Waals surface area (Å²) in [6.07, 6.45) is 4.06. The van der Waals surface area contributed by atoms with Crippen LogP contribution in [0.25, 0.3) is 0 Å². The van der Waals surface area contributed by atoms with Gasteiger partial charge in [0.15, 0.2) is 0 Å². The van der Waals surface area contributed by atoms with Crippen LogP contribution < -0.4 is 0 Å². The minimum absolute atomic E-state index is 1.16. The molecular formula is C11H18NS+. The Bertz CT molecular complexity index is 288. The lowest BCUT2D eigenvalue weighted by atomic mass is 10.1. The monoisotopic (exact) mass is 196 g/mol. The summed E-state index contributed by atoms with van der Waals surface area (Å²) in [6.45, 7) is 2.55. The molecule has 1 aliphatic rings. The number of quaternary nitrogens is 1. The van der Waals surface area contributed by atoms with E-state index in [-0.39, 0.29) is 0 Å². The molecule has 0 atom stereocenters. The maximum absolute atomic E-state index is 2.34. The van der Waals surface area contributed by atoms with E-state index in [2.05, 4.69) is 25.5 Å². The normalized spacial score (nSPS) is 21.7. The van der Waals surface area contributed by atoms with Gasteiger partial charge in [-0.3, -0.25) is 0 Å². The summed E-state index contributed by atoms with van der Waals surface area (Å²) in [7, 11) is 4.68. The minimum Gasteiger partial charge on any atom is -0.325 e. The summed E-state index contributed by atoms with van der Waals surface area (Å²) in [6, 6.07) is 2.31. The van der Waals surface area contributed by atoms with Crippen LogP contribution in [-0.4, -0.2) is 25.1 Å². The molecule has 2 heteroatoms. The molecule has 2 rings (SSSR count). The molecule has 1 nitrogen and oxygen atoms in total. The molecule has 0 fully saturated rings. The second-order valence-electron chi connectivity index (χ2n) is 4.64. The van der Waals surface area contributed by atoms with Crippen molar-refractivity contribution < 1.29 is 4.48 Å². The van der Waals surface area contributed by atoms with E-state index in [0.29, 0.717) is 0 Å². The first kappa shape index (κ1) is 9.22. The Hall–Kier alpha value is -0.340. The Morgan fingerprint density at radius 2 is 2.15 bits per heavy atom. The van der Waals surface area contributed by atoms with Crippen molar-refractivity contribution in [1.29, 1.82) is 0 Å². The van der Waals surface area contributed by atoms with Crippen LogP contribution in [0.4, 0.5) is 0 Å². The topological polar surface area (TPSA) is 0 Å². The molecule has 0 saturated carbocycles. The third-order valence-corrected chi connectivity index (χ3v) is 3.88. The third-order valence-electron chi connectivity index (χ3n) is 2.85. The molecule has 13 heavy (non-hydrogen) atoms. The lowest BCUT2D eigenvalue weighted by molar-refractivity contribution is -0.904. The largest absolute Gasteiger partial charge is 0.325 e. The van der Waals surface area contributed by atoms with Crippen LogP contribution in [0.5, 0.6) is 0 Å². The molecule has 0 bridgehead atoms. The van der Waals surface area contributed by atoms with Gasteiger partial charge in [0.05, 0.1) is 20.6 Å². The molecule has 2 heterocycles. The Kier molecular flexibility index (Phi) is 2.43. The van der Waals surface area contributed by atoms with E-state index in [1.807, 2.05) is 11.3 Å². The molecule has 0 unspecified atom stereocenters. The number of hydrogen-bond donors (Lipinski definition) is 0. The quantitative estimate of drug-likeness (QED) is 0.560. The summed E-state index contributed by atoms with van der Waals surface area (Å²) in [5.74, 6) is 0. The van der Waals surface area contributed by atoms with Crippen molar-refractivity contribution >= 4 is 11.3 Å². The molecule has 1 aromatic heterocycles. The van der Waals surface area contributed by atoms with Crippen LogP contribution in [0.15, 0.2) is 11.4 Å². The fraction of sp³-hybridized carbons (Fsp3) is 0.636. The van der Waals surface area contributed by atoms with Crippen LogP contribution in [-0.2, 0) is 13.0 Å². The molecule has 1 aliphatic heterocycles. The number of aryl methyl sites for hydroxylation is 1. The van der Waals surface area contributed by atoms with Gasteiger partial charge in [-0.05, 0) is 30.7 Å². The number of fused-ring (bicyclic) bond motifs is 1. The predicted octanol–water partition coefficient (Wildman–Crippen LogP) is 2.66. The second-order valence-corrected chi connectivity index (χ2v) is 5.64. The Balaban J connectivity index is 2.25. The van der Waals surface area contributed by atoms with Gasteiger partial charge < -0.3 is 4.48 Å². The van der Waals surface area contributed by atoms with E-state index >= 15 is 0 Å². The zero-order valence-electron chi connectivity index (χ0n) is 8.55. The van der Waals surface area contributed by atoms with E-state index < -0.39 is 0 Å². The van der Waals surface area contributed by atoms with Gasteiger partial charge >= 0.3 is 0 Å². The summed E-state index contributed by atoms with van der Waals surface area (Å²) < 4.78 is 1.16. The Morgan fingerprint density at radius 1 is 1.31 bits per heavy atom. The van der Waals surface area contributed by atoms with Crippen LogP contribution >= 0.6 is 11.3 Å². The lowest BCUT2D eigenvalue weighted by Gasteiger charge is -2.31. The molecular weight excluding hydrogens is 178 g/mol. The summed E-state index contributed by atoms with van der Waals surface area (Å²) in [4.78, 5) is 1.63. The van der Waals surface area contributed by atoms with Crippen LogP contribution in [0.1, 0.15) is 23.3 Å². The second kappa shape index (κ2) is 3.43. The Labute approximate surface area is 84.6 Å². The van der Waals surface area contributed by atoms with Crippen molar-refractivity contribution in [2.75, 3.05) is 20.6 Å². The highest BCUT2D eigenvalue weighted by Gasteiger charge is 2.20. The van der Waals surface area contributed by atoms with Crippen molar-refractivity contribution in [3.05, 3.63) is 21.9 Å². The molecule has 1 aromatic rings. The lowest BCUT2D eigenvalue weighted by Crippen LogP contribution is -2.40. The first-order chi connectivity index (χ1) is 6.17. The maximum atomic E-state index is 2.34. The van der Waals surface area contributed by atoms with E-state index in [4.69, 9.17) is 0 Å². The molecule has 72 valence electrons. The highest BCUT2D eigenvalue weighted by molar-refractivity contribution is 7.10. The molecule has 0 saturated heterocycles. The van der Waals surface area contributed by atoms with Gasteiger partial charge in [0.2, 0.25) is 0 Å². The van der Waals surface area contributed by atoms with E-state index in [1.54, 1.807) is 10.4 Å². The zero-order chi connectivity index (χ0) is 9.31. The average molecular weight is 196 g/mol. The van der Waals surface area contributed by atoms with Gasteiger partial charge in [-0.15, -0.1) is 11.3 Å². The molecule has 0 N–H and O–H groups in total. The minimum atomic E-state index is 1.16. The van der Waals surface area contributed by atoms with Gasteiger partial charge in [-0.1, -0.05) is 0 Å². The third kappa shape index (κ3) is 2.12. The van der Waals surface area contributed by atoms with Crippen molar-refractivity contribution in [3.63, 3.8) is 0 Å². The van der Waals surface area contributed by atoms with Gasteiger partial charge in [0.1, 0.15) is 6.54 Å². The smallest absolute Gasteiger partial charge is 0.105 e. The zero-order valence-corrected chi connectivity index (χ0v) is 9.36. The number of hydrogen-bond acceptors (Lipinski definition) is 1. The van der Waals surface area contributed by atoms with Crippen molar-refractivity contribution in [3.8, 4) is 0 Å². The first-order valence-electron chi connectivity index (χ1n) is 5.05. The Morgan fingerprint density at radius 3 is 3.00 bits per heavy atom. The standard InChI is InChI=1S/C11H18NS/c1-12(2)7-4-3-5-11-10(9-12)6-8-13-11/h6,8H,3-5,7,9H2,1-2H3/q+1. The van der Waals surface area contributed by atoms with E-state index in [9.17, 15) is 0 Å². The van der Waals surface area contributed by atoms with Crippen molar-refractivity contribution in [2.45, 2.75) is 25.8 Å². The molecule has 0 aromatic carbocycles. The fourth-order valence-electron chi connectivity index (χ4n) is 2.09. The van der Waals surface area contributed by atoms with E-state index in [1.165, 1.54) is 32.4 Å². The van der Waals surface area contributed by atoms with Crippen molar-refractivity contribution in [2.24, 2.45) is 0 Å². The summed E-state index contributed by atoms with van der Waals surface area (Å²) >= 11 is 1.94. The first-order valence-corrected chi connectivity index (χ1v) is 5.93. The molecule has 0 radical (unpaired) electrons. The number of thiophene rings is 1. The predicted molar refractivity (Wildman–Crippen MR) is 57.9 cm³/mol. The fourth-order valence-corrected chi connectivity index (χ4v) is 3.04. The summed E-state index contributed by atoms with van der Waals surface area (Å²) in [5, 5.41) is 2.25. The van der Waals surface area contributed by atoms with E-state index in [0.717, 1.165) is 4.48 Å². The van der Waals surface area contributed by atoms with Gasteiger partial charge in [0.25, 0.3) is 0 Å². The summed E-state index contributed by atoms with van der Waals surface area (Å²) in [5.41, 5.74) is 1.59. The maximum Gasteiger partial charge on any atom is 0.105 e. The van der Waals surface area contributed by atoms with Crippen LogP contribution in [0, 0.1) is 0 Å². The SMILES string of the molecule is C[N+]1(C)CCCCc2sccc2C1. The number of rotatable bonds is 0. The van der Waals surface area contributed by atoms with Crippen molar-refractivity contribution in [1.82, 2.24) is 0 Å². The highest BCUT2D eigenvalue weighted by Crippen LogP contribution is 2.25. The molecule has 0 spiro atoms. The number of nitrogens with zero attached hydrogens (tertiary/aromatic N) is 1. The average Bonchev–Trinajstić information content (AvgIpc) is 2.42. The molecule has 0 aliphatic carbocycles. The van der Waals surface area contributed by atoms with Crippen LogP contribution in [0.3, 0.4) is 0 Å². The van der Waals surface area contributed by atoms with Gasteiger partial charge in [-0.2, -0.15) is 0 Å². The molecule has 0 amide bonds.